The number of fused-ring (bicyclic) bond motifs is 1. The van der Waals surface area contributed by atoms with E-state index >= 15 is 0 Å². The molecule has 0 fully saturated rings. The maximum absolute atomic E-state index is 13.0. The molecule has 0 spiro atoms. The van der Waals surface area contributed by atoms with E-state index in [1.54, 1.807) is 38.1 Å². The fourth-order valence-electron chi connectivity index (χ4n) is 3.84. The third kappa shape index (κ3) is 4.20. The lowest BCUT2D eigenvalue weighted by atomic mass is 9.77. The zero-order chi connectivity index (χ0) is 22.8. The van der Waals surface area contributed by atoms with Crippen LogP contribution in [0.25, 0.3) is 0 Å². The lowest BCUT2D eigenvalue weighted by molar-refractivity contribution is -0.151. The molecule has 0 saturated carbocycles. The number of benzene rings is 2. The molecule has 1 aliphatic rings. The summed E-state index contributed by atoms with van der Waals surface area (Å²) in [5.74, 6) is -0.757. The molecule has 3 aromatic rings. The van der Waals surface area contributed by atoms with Crippen molar-refractivity contribution in [2.75, 3.05) is 5.32 Å². The second-order valence-corrected chi connectivity index (χ2v) is 7.78. The number of H-pyrrole nitrogens is 2. The van der Waals surface area contributed by atoms with E-state index in [-0.39, 0.29) is 17.5 Å². The van der Waals surface area contributed by atoms with Gasteiger partial charge in [0, 0.05) is 11.6 Å². The molecule has 0 aliphatic carbocycles. The average Bonchev–Trinajstić information content (AvgIpc) is 2.73. The normalized spacial score (nSPS) is 17.4. The van der Waals surface area contributed by atoms with E-state index in [9.17, 15) is 14.4 Å². The minimum Gasteiger partial charge on any atom is -0.462 e. The van der Waals surface area contributed by atoms with Gasteiger partial charge in [-0.15, -0.1) is 0 Å². The van der Waals surface area contributed by atoms with Crippen molar-refractivity contribution in [1.29, 1.82) is 0 Å². The Balaban J connectivity index is 1.84. The van der Waals surface area contributed by atoms with Crippen molar-refractivity contribution in [3.63, 3.8) is 0 Å². The Kier molecular flexibility index (Phi) is 5.68. The number of carbonyl (C=O) groups excluding carboxylic acids is 1. The summed E-state index contributed by atoms with van der Waals surface area (Å²) >= 11 is 0. The Bertz CT molecular complexity index is 1280. The number of carbonyl (C=O) groups is 1. The first-order valence-corrected chi connectivity index (χ1v) is 10.2. The van der Waals surface area contributed by atoms with Crippen LogP contribution in [0.5, 0.6) is 11.5 Å². The van der Waals surface area contributed by atoms with Gasteiger partial charge in [-0.2, -0.15) is 0 Å². The first kappa shape index (κ1) is 21.2. The number of aromatic nitrogens is 2. The summed E-state index contributed by atoms with van der Waals surface area (Å²) in [4.78, 5) is 42.5. The van der Waals surface area contributed by atoms with Gasteiger partial charge in [-0.05, 0) is 43.7 Å². The summed E-state index contributed by atoms with van der Waals surface area (Å²) in [6, 6.07) is 16.4. The van der Waals surface area contributed by atoms with E-state index < -0.39 is 29.1 Å². The lowest BCUT2D eigenvalue weighted by Gasteiger charge is -2.34. The summed E-state index contributed by atoms with van der Waals surface area (Å²) in [5.41, 5.74) is -0.0587. The molecule has 2 heterocycles. The fourth-order valence-corrected chi connectivity index (χ4v) is 3.84. The third-order valence-electron chi connectivity index (χ3n) is 5.09. The lowest BCUT2D eigenvalue weighted by Crippen LogP contribution is -2.40. The molecule has 2 aromatic carbocycles. The van der Waals surface area contributed by atoms with Crippen LogP contribution in [-0.2, 0) is 9.53 Å². The van der Waals surface area contributed by atoms with E-state index in [4.69, 9.17) is 9.47 Å². The van der Waals surface area contributed by atoms with Crippen molar-refractivity contribution >= 4 is 11.8 Å². The Morgan fingerprint density at radius 1 is 1.00 bits per heavy atom. The van der Waals surface area contributed by atoms with Crippen LogP contribution >= 0.6 is 0 Å². The molecule has 0 saturated heterocycles. The monoisotopic (exact) mass is 433 g/mol. The number of hydrogen-bond acceptors (Lipinski definition) is 6. The van der Waals surface area contributed by atoms with Gasteiger partial charge in [-0.25, -0.2) is 4.79 Å². The van der Waals surface area contributed by atoms with Crippen LogP contribution in [0.4, 0.5) is 5.82 Å². The highest BCUT2D eigenvalue weighted by Gasteiger charge is 2.42. The summed E-state index contributed by atoms with van der Waals surface area (Å²) < 4.78 is 11.4. The summed E-state index contributed by atoms with van der Waals surface area (Å²) in [7, 11) is 0. The van der Waals surface area contributed by atoms with Crippen molar-refractivity contribution in [2.45, 2.75) is 25.9 Å². The molecular formula is C24H23N3O5. The maximum Gasteiger partial charge on any atom is 0.327 e. The Labute approximate surface area is 183 Å². The molecule has 1 aromatic heterocycles. The molecule has 8 nitrogen and oxygen atoms in total. The van der Waals surface area contributed by atoms with Gasteiger partial charge in [-0.3, -0.25) is 19.6 Å². The Morgan fingerprint density at radius 3 is 2.44 bits per heavy atom. The van der Waals surface area contributed by atoms with E-state index in [0.29, 0.717) is 22.8 Å². The van der Waals surface area contributed by atoms with Gasteiger partial charge < -0.3 is 14.8 Å². The van der Waals surface area contributed by atoms with Gasteiger partial charge in [-0.1, -0.05) is 36.9 Å². The topological polar surface area (TPSA) is 113 Å². The molecule has 3 N–H and O–H groups in total. The molecule has 0 bridgehead atoms. The van der Waals surface area contributed by atoms with Gasteiger partial charge in [0.2, 0.25) is 0 Å². The van der Waals surface area contributed by atoms with Crippen LogP contribution < -0.4 is 21.3 Å². The molecule has 0 unspecified atom stereocenters. The van der Waals surface area contributed by atoms with Gasteiger partial charge in [0.1, 0.15) is 23.2 Å². The first-order valence-electron chi connectivity index (χ1n) is 10.2. The molecule has 164 valence electrons. The van der Waals surface area contributed by atoms with Crippen molar-refractivity contribution in [1.82, 2.24) is 9.97 Å². The molecule has 8 heteroatoms. The number of hydrogen-bond donors (Lipinski definition) is 3. The number of anilines is 1. The van der Waals surface area contributed by atoms with Gasteiger partial charge in [0.05, 0.1) is 11.7 Å². The van der Waals surface area contributed by atoms with Gasteiger partial charge in [0.15, 0.2) is 0 Å². The van der Waals surface area contributed by atoms with Gasteiger partial charge >= 0.3 is 11.7 Å². The molecule has 32 heavy (non-hydrogen) atoms. The highest BCUT2D eigenvalue weighted by Crippen LogP contribution is 2.42. The smallest absolute Gasteiger partial charge is 0.327 e. The van der Waals surface area contributed by atoms with E-state index in [1.807, 2.05) is 30.3 Å². The van der Waals surface area contributed by atoms with E-state index in [1.165, 1.54) is 0 Å². The predicted octanol–water partition coefficient (Wildman–Crippen LogP) is 3.49. The standard InChI is InChI=1S/C24H23N3O5/c1-13(2)31-23(29)18-14(3)25-21-20(22(28)27-24(30)26-21)19(18)15-8-7-11-17(12-15)32-16-9-5-4-6-10-16/h4-13,18-19H,3H2,1-2H3,(H3,25,26,27,28,30)/t18-,19+/m0/s1. The van der Waals surface area contributed by atoms with Crippen LogP contribution in [0.1, 0.15) is 30.9 Å². The summed E-state index contributed by atoms with van der Waals surface area (Å²) in [5, 5.41) is 2.90. The number of ether oxygens (including phenoxy) is 2. The number of nitrogens with one attached hydrogen (secondary N) is 3. The fraction of sp³-hybridized carbons (Fsp3) is 0.208. The Hall–Kier alpha value is -4.07. The maximum atomic E-state index is 13.0. The predicted molar refractivity (Wildman–Crippen MR) is 120 cm³/mol. The molecular weight excluding hydrogens is 410 g/mol. The highest BCUT2D eigenvalue weighted by molar-refractivity contribution is 5.81. The number of rotatable bonds is 5. The van der Waals surface area contributed by atoms with Crippen molar-refractivity contribution in [2.24, 2.45) is 5.92 Å². The van der Waals surface area contributed by atoms with Crippen molar-refractivity contribution in [3.8, 4) is 11.5 Å². The molecule has 4 rings (SSSR count). The van der Waals surface area contributed by atoms with E-state index in [2.05, 4.69) is 21.9 Å². The van der Waals surface area contributed by atoms with Crippen LogP contribution in [0.2, 0.25) is 0 Å². The minimum atomic E-state index is -0.885. The molecule has 1 aliphatic heterocycles. The highest BCUT2D eigenvalue weighted by atomic mass is 16.5. The van der Waals surface area contributed by atoms with E-state index in [0.717, 1.165) is 0 Å². The van der Waals surface area contributed by atoms with Crippen LogP contribution in [0.15, 0.2) is 76.5 Å². The second kappa shape index (κ2) is 8.58. The van der Waals surface area contributed by atoms with Crippen LogP contribution in [0.3, 0.4) is 0 Å². The summed E-state index contributed by atoms with van der Waals surface area (Å²) in [6.07, 6.45) is -0.348. The molecule has 2 atom stereocenters. The summed E-state index contributed by atoms with van der Waals surface area (Å²) in [6.45, 7) is 7.47. The van der Waals surface area contributed by atoms with Gasteiger partial charge in [0.25, 0.3) is 5.56 Å². The largest absolute Gasteiger partial charge is 0.462 e. The van der Waals surface area contributed by atoms with Crippen molar-refractivity contribution in [3.05, 3.63) is 98.8 Å². The van der Waals surface area contributed by atoms with Crippen LogP contribution in [0, 0.1) is 5.92 Å². The quantitative estimate of drug-likeness (QED) is 0.531. The average molecular weight is 433 g/mol. The Morgan fingerprint density at radius 2 is 1.72 bits per heavy atom. The first-order chi connectivity index (χ1) is 15.3. The molecule has 0 radical (unpaired) electrons. The molecule has 0 amide bonds. The number of para-hydroxylation sites is 1. The van der Waals surface area contributed by atoms with Crippen molar-refractivity contribution < 1.29 is 14.3 Å². The second-order valence-electron chi connectivity index (χ2n) is 7.78. The zero-order valence-corrected chi connectivity index (χ0v) is 17.7. The zero-order valence-electron chi connectivity index (χ0n) is 17.7. The number of esters is 1. The number of aromatic amines is 2. The minimum absolute atomic E-state index is 0.205. The third-order valence-corrected chi connectivity index (χ3v) is 5.09. The van der Waals surface area contributed by atoms with Crippen LogP contribution in [-0.4, -0.2) is 22.0 Å². The SMILES string of the molecule is C=C1Nc2[nH]c(=O)[nH]c(=O)c2[C@H](c2cccc(Oc3ccccc3)c2)[C@H]1C(=O)OC(C)C.